The predicted molar refractivity (Wildman–Crippen MR) is 104 cm³/mol. The van der Waals surface area contributed by atoms with Gasteiger partial charge in [-0.25, -0.2) is 0 Å². The van der Waals surface area contributed by atoms with Crippen LogP contribution in [0.25, 0.3) is 0 Å². The number of unbranched alkanes of at least 4 members (excludes halogenated alkanes) is 1. The molecule has 0 spiro atoms. The maximum absolute atomic E-state index is 10.1. The van der Waals surface area contributed by atoms with Crippen LogP contribution in [0.5, 0.6) is 5.75 Å². The average Bonchev–Trinajstić information content (AvgIpc) is 2.66. The molecular formula is C22H32O5. The Morgan fingerprint density at radius 3 is 2.81 bits per heavy atom. The number of allylic oxidation sites excluding steroid dienone is 2. The molecule has 0 aromatic heterocycles. The fourth-order valence-electron chi connectivity index (χ4n) is 4.09. The Kier molecular flexibility index (Phi) is 6.93. The van der Waals surface area contributed by atoms with Crippen molar-refractivity contribution in [3.63, 3.8) is 0 Å². The lowest BCUT2D eigenvalue weighted by atomic mass is 9.80. The van der Waals surface area contributed by atoms with E-state index in [0.717, 1.165) is 25.7 Å². The molecule has 0 amide bonds. The maximum atomic E-state index is 10.1. The molecule has 1 saturated heterocycles. The quantitative estimate of drug-likeness (QED) is 0.525. The molecule has 150 valence electrons. The van der Waals surface area contributed by atoms with Crippen molar-refractivity contribution in [2.24, 2.45) is 0 Å². The van der Waals surface area contributed by atoms with E-state index in [4.69, 9.17) is 9.47 Å². The Labute approximate surface area is 161 Å². The number of rotatable bonds is 6. The summed E-state index contributed by atoms with van der Waals surface area (Å²) in [7, 11) is 0. The van der Waals surface area contributed by atoms with Gasteiger partial charge >= 0.3 is 0 Å². The van der Waals surface area contributed by atoms with Gasteiger partial charge in [0.2, 0.25) is 6.29 Å². The zero-order chi connectivity index (χ0) is 19.4. The first-order valence-corrected chi connectivity index (χ1v) is 10.0. The van der Waals surface area contributed by atoms with Crippen molar-refractivity contribution in [1.82, 2.24) is 0 Å². The maximum Gasteiger partial charge on any atom is 0.228 e. The summed E-state index contributed by atoms with van der Waals surface area (Å²) in [6.45, 7) is 4.22. The van der Waals surface area contributed by atoms with Crippen LogP contribution in [0.15, 0.2) is 29.8 Å². The van der Waals surface area contributed by atoms with Crippen molar-refractivity contribution < 1.29 is 24.8 Å². The Morgan fingerprint density at radius 2 is 2.04 bits per heavy atom. The van der Waals surface area contributed by atoms with Crippen LogP contribution in [0.2, 0.25) is 0 Å². The van der Waals surface area contributed by atoms with Gasteiger partial charge in [0.15, 0.2) is 0 Å². The molecule has 1 unspecified atom stereocenters. The fourth-order valence-corrected chi connectivity index (χ4v) is 4.09. The Bertz CT molecular complexity index is 652. The van der Waals surface area contributed by atoms with Gasteiger partial charge in [0.1, 0.15) is 24.1 Å². The van der Waals surface area contributed by atoms with Gasteiger partial charge in [0.05, 0.1) is 6.61 Å². The predicted octanol–water partition coefficient (Wildman–Crippen LogP) is 3.06. The lowest BCUT2D eigenvalue weighted by molar-refractivity contribution is -0.242. The standard InChI is InChI=1S/C22H32O5/c1-14(2)7-3-4-8-15-9-5-11-17-16(15)10-6-12-19(17)27-22-21(25)20(24)18(23)13-26-22/h6-7,10,12,15,18,20-25H,3-5,8-9,11,13H2,1-2H3/t15?,18-,20+,21-,22+/m1/s1. The third kappa shape index (κ3) is 4.91. The molecule has 0 radical (unpaired) electrons. The number of hydrogen-bond donors (Lipinski definition) is 3. The third-order valence-electron chi connectivity index (χ3n) is 5.60. The second-order valence-corrected chi connectivity index (χ2v) is 7.99. The van der Waals surface area contributed by atoms with Crippen LogP contribution in [0.1, 0.15) is 63.0 Å². The summed E-state index contributed by atoms with van der Waals surface area (Å²) in [6.07, 6.45) is 4.43. The molecule has 1 aromatic carbocycles. The number of benzene rings is 1. The van der Waals surface area contributed by atoms with Crippen molar-refractivity contribution >= 4 is 0 Å². The van der Waals surface area contributed by atoms with Crippen molar-refractivity contribution in [2.45, 2.75) is 82.9 Å². The smallest absolute Gasteiger partial charge is 0.228 e. The lowest BCUT2D eigenvalue weighted by Gasteiger charge is -2.36. The van der Waals surface area contributed by atoms with Crippen LogP contribution in [0.4, 0.5) is 0 Å². The molecule has 5 nitrogen and oxygen atoms in total. The van der Waals surface area contributed by atoms with Crippen LogP contribution in [-0.4, -0.2) is 46.5 Å². The van der Waals surface area contributed by atoms with E-state index in [1.54, 1.807) is 0 Å². The second kappa shape index (κ2) is 9.20. The molecule has 5 atom stereocenters. The molecule has 1 aliphatic heterocycles. The monoisotopic (exact) mass is 376 g/mol. The minimum absolute atomic E-state index is 0.0507. The molecule has 3 rings (SSSR count). The van der Waals surface area contributed by atoms with E-state index in [0.29, 0.717) is 11.7 Å². The first-order valence-electron chi connectivity index (χ1n) is 10.0. The minimum atomic E-state index is -1.27. The van der Waals surface area contributed by atoms with E-state index >= 15 is 0 Å². The van der Waals surface area contributed by atoms with E-state index in [2.05, 4.69) is 26.0 Å². The van der Waals surface area contributed by atoms with E-state index in [1.165, 1.54) is 29.5 Å². The number of aliphatic hydroxyl groups is 3. The average molecular weight is 376 g/mol. The minimum Gasteiger partial charge on any atom is -0.462 e. The van der Waals surface area contributed by atoms with E-state index < -0.39 is 24.6 Å². The SMILES string of the molecule is CC(C)=CCCCC1CCCc2c(O[C@@H]3OC[C@@H](O)[C@H](O)[C@H]3O)cccc21. The molecule has 1 aromatic rings. The van der Waals surface area contributed by atoms with Gasteiger partial charge < -0.3 is 24.8 Å². The van der Waals surface area contributed by atoms with Crippen LogP contribution < -0.4 is 4.74 Å². The number of ether oxygens (including phenoxy) is 2. The van der Waals surface area contributed by atoms with E-state index in [-0.39, 0.29) is 6.61 Å². The van der Waals surface area contributed by atoms with E-state index in [1.807, 2.05) is 12.1 Å². The van der Waals surface area contributed by atoms with Crippen LogP contribution in [0.3, 0.4) is 0 Å². The molecule has 1 aliphatic carbocycles. The molecule has 3 N–H and O–H groups in total. The molecular weight excluding hydrogens is 344 g/mol. The zero-order valence-corrected chi connectivity index (χ0v) is 16.3. The van der Waals surface area contributed by atoms with Crippen molar-refractivity contribution in [3.05, 3.63) is 41.0 Å². The Balaban J connectivity index is 1.70. The van der Waals surface area contributed by atoms with E-state index in [9.17, 15) is 15.3 Å². The fraction of sp³-hybridized carbons (Fsp3) is 0.636. The summed E-state index contributed by atoms with van der Waals surface area (Å²) in [5.74, 6) is 1.25. The summed E-state index contributed by atoms with van der Waals surface area (Å²) >= 11 is 0. The van der Waals surface area contributed by atoms with Crippen LogP contribution in [0, 0.1) is 0 Å². The molecule has 0 saturated carbocycles. The van der Waals surface area contributed by atoms with Gasteiger partial charge in [-0.1, -0.05) is 23.8 Å². The second-order valence-electron chi connectivity index (χ2n) is 7.99. The van der Waals surface area contributed by atoms with Gasteiger partial charge in [-0.2, -0.15) is 0 Å². The third-order valence-corrected chi connectivity index (χ3v) is 5.60. The van der Waals surface area contributed by atoms with Gasteiger partial charge in [0.25, 0.3) is 0 Å². The first kappa shape index (κ1) is 20.3. The summed E-state index contributed by atoms with van der Waals surface area (Å²) < 4.78 is 11.3. The normalized spacial score (nSPS) is 30.5. The van der Waals surface area contributed by atoms with Gasteiger partial charge in [-0.05, 0) is 75.5 Å². The topological polar surface area (TPSA) is 79.2 Å². The number of aliphatic hydroxyl groups excluding tert-OH is 3. The first-order chi connectivity index (χ1) is 13.0. The molecule has 2 aliphatic rings. The van der Waals surface area contributed by atoms with Gasteiger partial charge in [-0.15, -0.1) is 0 Å². The Morgan fingerprint density at radius 1 is 1.22 bits per heavy atom. The summed E-state index contributed by atoms with van der Waals surface area (Å²) in [6, 6.07) is 6.07. The van der Waals surface area contributed by atoms with Crippen LogP contribution in [-0.2, 0) is 11.2 Å². The Hall–Kier alpha value is -1.40. The highest BCUT2D eigenvalue weighted by Gasteiger charge is 2.39. The molecule has 27 heavy (non-hydrogen) atoms. The largest absolute Gasteiger partial charge is 0.462 e. The van der Waals surface area contributed by atoms with Crippen molar-refractivity contribution in [2.75, 3.05) is 6.61 Å². The molecule has 1 heterocycles. The zero-order valence-electron chi connectivity index (χ0n) is 16.3. The van der Waals surface area contributed by atoms with Crippen molar-refractivity contribution in [3.8, 4) is 5.75 Å². The number of hydrogen-bond acceptors (Lipinski definition) is 5. The highest BCUT2D eigenvalue weighted by Crippen LogP contribution is 2.40. The van der Waals surface area contributed by atoms with Crippen molar-refractivity contribution in [1.29, 1.82) is 0 Å². The van der Waals surface area contributed by atoms with Gasteiger partial charge in [-0.3, -0.25) is 0 Å². The summed E-state index contributed by atoms with van der Waals surface area (Å²) in [5.41, 5.74) is 3.89. The highest BCUT2D eigenvalue weighted by atomic mass is 16.7. The summed E-state index contributed by atoms with van der Waals surface area (Å²) in [5, 5.41) is 29.6. The molecule has 0 bridgehead atoms. The van der Waals surface area contributed by atoms with Gasteiger partial charge in [0, 0.05) is 0 Å². The molecule has 1 fully saturated rings. The summed E-state index contributed by atoms with van der Waals surface area (Å²) in [4.78, 5) is 0. The number of fused-ring (bicyclic) bond motifs is 1. The lowest BCUT2D eigenvalue weighted by Crippen LogP contribution is -2.54. The van der Waals surface area contributed by atoms with Crippen LogP contribution >= 0.6 is 0 Å². The highest BCUT2D eigenvalue weighted by molar-refractivity contribution is 5.43. The molecule has 5 heteroatoms.